The smallest absolute Gasteiger partial charge is 0.256 e. The minimum atomic E-state index is -0.0178. The van der Waals surface area contributed by atoms with E-state index in [0.717, 1.165) is 34.2 Å². The molecule has 0 unspecified atom stereocenters. The Kier molecular flexibility index (Phi) is 6.08. The minimum absolute atomic E-state index is 0.0178. The number of fused-ring (bicyclic) bond motifs is 16. The van der Waals surface area contributed by atoms with E-state index in [1.54, 1.807) is 0 Å². The van der Waals surface area contributed by atoms with Gasteiger partial charge in [-0.2, -0.15) is 0 Å². The van der Waals surface area contributed by atoms with Crippen LogP contribution in [0.25, 0.3) is 38.6 Å². The van der Waals surface area contributed by atoms with Crippen molar-refractivity contribution in [1.29, 1.82) is 0 Å². The summed E-state index contributed by atoms with van der Waals surface area (Å²) >= 11 is 0. The second-order valence-electron chi connectivity index (χ2n) is 17.7. The molecule has 0 fully saturated rings. The van der Waals surface area contributed by atoms with Crippen LogP contribution < -0.4 is 47.2 Å². The van der Waals surface area contributed by atoms with E-state index in [1.807, 2.05) is 0 Å². The zero-order valence-electron chi connectivity index (χ0n) is 33.1. The third-order valence-corrected chi connectivity index (χ3v) is 13.7. The van der Waals surface area contributed by atoms with E-state index in [4.69, 9.17) is 9.47 Å². The fourth-order valence-electron chi connectivity index (χ4n) is 11.5. The van der Waals surface area contributed by atoms with E-state index >= 15 is 0 Å². The number of hydrogen-bond donors (Lipinski definition) is 0. The van der Waals surface area contributed by atoms with Crippen molar-refractivity contribution >= 4 is 85.1 Å². The highest BCUT2D eigenvalue weighted by Gasteiger charge is 2.49. The van der Waals surface area contributed by atoms with Crippen LogP contribution >= 0.6 is 0 Å². The first-order valence-corrected chi connectivity index (χ1v) is 20.8. The van der Waals surface area contributed by atoms with Crippen LogP contribution in [0.5, 0.6) is 23.0 Å². The Morgan fingerprint density at radius 2 is 1.16 bits per heavy atom. The summed E-state index contributed by atoms with van der Waals surface area (Å²) in [5, 5.41) is 2.64. The van der Waals surface area contributed by atoms with E-state index < -0.39 is 0 Å². The number of rotatable bonds is 3. The van der Waals surface area contributed by atoms with Crippen LogP contribution in [0.2, 0.25) is 0 Å². The number of ether oxygens (including phenoxy) is 2. The molecule has 0 saturated carbocycles. The predicted octanol–water partition coefficient (Wildman–Crippen LogP) is 9.47. The van der Waals surface area contributed by atoms with Gasteiger partial charge in [-0.05, 0) is 104 Å². The second-order valence-corrected chi connectivity index (χ2v) is 17.7. The number of nitrogens with zero attached hydrogens (tertiary/aromatic N) is 2. The molecule has 6 heterocycles. The lowest BCUT2D eigenvalue weighted by molar-refractivity contribution is 0.443. The highest BCUT2D eigenvalue weighted by Crippen LogP contribution is 2.58. The summed E-state index contributed by atoms with van der Waals surface area (Å²) in [5.74, 6) is 4.52. The van der Waals surface area contributed by atoms with Gasteiger partial charge in [0.05, 0.1) is 22.4 Å². The van der Waals surface area contributed by atoms with Crippen LogP contribution in [0.4, 0.5) is 17.1 Å². The maximum absolute atomic E-state index is 7.41. The summed E-state index contributed by atoms with van der Waals surface area (Å²) in [4.78, 5) is 2.56. The lowest BCUT2D eigenvalue weighted by Crippen LogP contribution is -2.59. The van der Waals surface area contributed by atoms with Crippen molar-refractivity contribution in [2.75, 3.05) is 4.90 Å². The summed E-state index contributed by atoms with van der Waals surface area (Å²) in [5.41, 5.74) is 21.7. The molecule has 8 aromatic rings. The van der Waals surface area contributed by atoms with E-state index in [2.05, 4.69) is 166 Å². The van der Waals surface area contributed by atoms with Crippen LogP contribution in [0.15, 0.2) is 115 Å². The molecule has 0 radical (unpaired) electrons. The van der Waals surface area contributed by atoms with E-state index in [9.17, 15) is 0 Å². The Balaban J connectivity index is 1.15. The fourth-order valence-corrected chi connectivity index (χ4v) is 11.5. The monoisotopic (exact) mass is 734 g/mol. The second kappa shape index (κ2) is 10.8. The first kappa shape index (κ1) is 32.0. The van der Waals surface area contributed by atoms with Crippen LogP contribution in [0.1, 0.15) is 76.0 Å². The zero-order chi connectivity index (χ0) is 38.2. The van der Waals surface area contributed by atoms with Crippen molar-refractivity contribution < 1.29 is 9.47 Å². The van der Waals surface area contributed by atoms with Crippen molar-refractivity contribution in [3.8, 4) is 39.8 Å². The molecule has 0 saturated heterocycles. The Morgan fingerprint density at radius 3 is 1.93 bits per heavy atom. The fraction of sp³-hybridized carbons (Fsp3) is 0.176. The number of para-hydroxylation sites is 3. The molecule has 0 amide bonds. The molecule has 1 aromatic heterocycles. The van der Waals surface area contributed by atoms with Gasteiger partial charge in [-0.1, -0.05) is 126 Å². The van der Waals surface area contributed by atoms with Gasteiger partial charge in [0.25, 0.3) is 6.71 Å². The van der Waals surface area contributed by atoms with Crippen molar-refractivity contribution in [2.24, 2.45) is 0 Å². The van der Waals surface area contributed by atoms with Gasteiger partial charge in [0.1, 0.15) is 11.5 Å². The molecule has 0 spiro atoms. The maximum Gasteiger partial charge on any atom is 0.256 e. The molecule has 4 nitrogen and oxygen atoms in total. The molecule has 13 rings (SSSR count). The average Bonchev–Trinajstić information content (AvgIpc) is 3.75. The van der Waals surface area contributed by atoms with Gasteiger partial charge >= 0.3 is 0 Å². The summed E-state index contributed by atoms with van der Waals surface area (Å²) < 4.78 is 17.3. The molecular weight excluding hydrogens is 694 g/mol. The minimum Gasteiger partial charge on any atom is -0.458 e. The molecule has 272 valence electrons. The van der Waals surface area contributed by atoms with E-state index in [-0.39, 0.29) is 19.3 Å². The molecule has 5 aliphatic heterocycles. The Labute approximate surface area is 333 Å². The molecule has 0 atom stereocenters. The summed E-state index contributed by atoms with van der Waals surface area (Å²) in [6.45, 7) is 14.0. The standard InChI is InChI=1S/C51H40B2N2O2/c1-26(2)31-24-42-48-47-44(31)29-15-7-9-17-33(29)52(47)34-18-10-14-22-39(34)55(48)40-25-36-50(43(28(5)6)51(40)57-42)56-41-23-32(27(3)4)45-30-16-8-12-20-37(30)54-38-21-13-11-19-35(38)53(36)46(41)49(45)54/h7-28H,1-6H3. The van der Waals surface area contributed by atoms with Gasteiger partial charge in [-0.25, -0.2) is 0 Å². The Morgan fingerprint density at radius 1 is 0.526 bits per heavy atom. The predicted molar refractivity (Wildman–Crippen MR) is 239 cm³/mol. The van der Waals surface area contributed by atoms with E-state index in [0.29, 0.717) is 11.8 Å². The molecule has 5 aliphatic rings. The van der Waals surface area contributed by atoms with Gasteiger partial charge in [-0.3, -0.25) is 0 Å². The first-order chi connectivity index (χ1) is 27.8. The lowest BCUT2D eigenvalue weighted by atomic mass is 9.34. The topological polar surface area (TPSA) is 26.6 Å². The highest BCUT2D eigenvalue weighted by atomic mass is 16.5. The Hall–Kier alpha value is -6.13. The van der Waals surface area contributed by atoms with Crippen molar-refractivity contribution in [3.63, 3.8) is 0 Å². The molecular formula is C51H40B2N2O2. The molecule has 6 heteroatoms. The number of benzene rings is 7. The lowest BCUT2D eigenvalue weighted by Gasteiger charge is -2.43. The number of hydrogen-bond acceptors (Lipinski definition) is 3. The van der Waals surface area contributed by atoms with Crippen molar-refractivity contribution in [2.45, 2.75) is 59.3 Å². The average molecular weight is 735 g/mol. The van der Waals surface area contributed by atoms with Crippen LogP contribution in [0, 0.1) is 0 Å². The summed E-state index contributed by atoms with van der Waals surface area (Å²) in [7, 11) is 0. The quantitative estimate of drug-likeness (QED) is 0.169. The third-order valence-electron chi connectivity index (χ3n) is 13.7. The van der Waals surface area contributed by atoms with Gasteiger partial charge in [0.15, 0.2) is 11.5 Å². The van der Waals surface area contributed by atoms with Gasteiger partial charge in [0.2, 0.25) is 6.71 Å². The molecule has 7 aromatic carbocycles. The van der Waals surface area contributed by atoms with Gasteiger partial charge in [-0.15, -0.1) is 0 Å². The maximum atomic E-state index is 7.41. The molecule has 0 bridgehead atoms. The largest absolute Gasteiger partial charge is 0.458 e. The summed E-state index contributed by atoms with van der Waals surface area (Å²) in [6, 6.07) is 43.3. The van der Waals surface area contributed by atoms with Gasteiger partial charge < -0.3 is 18.9 Å². The van der Waals surface area contributed by atoms with Crippen LogP contribution in [0.3, 0.4) is 0 Å². The number of aromatic nitrogens is 1. The molecule has 57 heavy (non-hydrogen) atoms. The Bertz CT molecular complexity index is 3160. The van der Waals surface area contributed by atoms with Crippen molar-refractivity contribution in [1.82, 2.24) is 4.57 Å². The normalized spacial score (nSPS) is 14.4. The summed E-state index contributed by atoms with van der Waals surface area (Å²) in [6.07, 6.45) is 0. The van der Waals surface area contributed by atoms with Crippen molar-refractivity contribution in [3.05, 3.63) is 132 Å². The highest BCUT2D eigenvalue weighted by molar-refractivity contribution is 7.02. The van der Waals surface area contributed by atoms with Crippen LogP contribution in [-0.4, -0.2) is 18.0 Å². The SMILES string of the molecule is CC(C)c1cc2c3c4c1-c1ccccc1B4c1ccccc1N3c1cc3c(c(C(C)C)c1O2)Oc1cc(C(C)C)c2c4ccccc4n4c2c1B3c1ccccc1-4. The third kappa shape index (κ3) is 3.78. The van der Waals surface area contributed by atoms with Gasteiger partial charge in [0, 0.05) is 27.7 Å². The first-order valence-electron chi connectivity index (χ1n) is 20.8. The van der Waals surface area contributed by atoms with Crippen LogP contribution in [-0.2, 0) is 0 Å². The van der Waals surface area contributed by atoms with E-state index in [1.165, 1.54) is 93.9 Å². The molecule has 0 N–H and O–H groups in total. The zero-order valence-corrected chi connectivity index (χ0v) is 33.1. The number of anilines is 3. The molecule has 0 aliphatic carbocycles.